The second-order valence-corrected chi connectivity index (χ2v) is 8.65. The first-order valence-corrected chi connectivity index (χ1v) is 11.7. The lowest BCUT2D eigenvalue weighted by molar-refractivity contribution is -0.116. The Morgan fingerprint density at radius 2 is 1.88 bits per heavy atom. The van der Waals surface area contributed by atoms with Gasteiger partial charge in [-0.05, 0) is 43.5 Å². The monoisotopic (exact) mass is 490 g/mol. The smallest absolute Gasteiger partial charge is 0.254 e. The Balaban J connectivity index is 1.68. The number of methoxy groups -OCH3 is 1. The summed E-state index contributed by atoms with van der Waals surface area (Å²) >= 11 is 6.41. The van der Waals surface area contributed by atoms with Gasteiger partial charge in [0, 0.05) is 23.9 Å². The molecule has 0 aromatic heterocycles. The van der Waals surface area contributed by atoms with Crippen LogP contribution >= 0.6 is 11.6 Å². The zero-order valence-electron chi connectivity index (χ0n) is 20.0. The highest BCUT2D eigenvalue weighted by molar-refractivity contribution is 6.32. The standard InChI is InChI=1S/C25H31ClN2O6/c1-5-28(15-23(29)27-18-6-7-20-21(14-18)33-11-10-32-20)25(30)17-12-19(26)24(22(13-17)31-4)34-9-8-16(2)3/h6-7,12-14,16H,5,8-11,15H2,1-4H3,(H,27,29). The molecule has 0 unspecified atom stereocenters. The van der Waals surface area contributed by atoms with Crippen LogP contribution in [0.4, 0.5) is 5.69 Å². The number of rotatable bonds is 10. The molecule has 0 bridgehead atoms. The Labute approximate surface area is 205 Å². The molecule has 1 heterocycles. The van der Waals surface area contributed by atoms with Crippen molar-refractivity contribution in [1.29, 1.82) is 0 Å². The molecule has 34 heavy (non-hydrogen) atoms. The van der Waals surface area contributed by atoms with Gasteiger partial charge in [-0.3, -0.25) is 9.59 Å². The molecule has 0 fully saturated rings. The van der Waals surface area contributed by atoms with E-state index in [0.717, 1.165) is 6.42 Å². The molecule has 0 saturated heterocycles. The summed E-state index contributed by atoms with van der Waals surface area (Å²) in [5.74, 6) is 1.79. The van der Waals surface area contributed by atoms with Crippen molar-refractivity contribution in [3.05, 3.63) is 40.9 Å². The van der Waals surface area contributed by atoms with E-state index in [0.29, 0.717) is 66.5 Å². The summed E-state index contributed by atoms with van der Waals surface area (Å²) in [5, 5.41) is 3.08. The number of benzene rings is 2. The van der Waals surface area contributed by atoms with E-state index in [1.165, 1.54) is 12.0 Å². The number of likely N-dealkylation sites (N-methyl/N-ethyl adjacent to an activating group) is 1. The Morgan fingerprint density at radius 1 is 1.15 bits per heavy atom. The van der Waals surface area contributed by atoms with Gasteiger partial charge >= 0.3 is 0 Å². The highest BCUT2D eigenvalue weighted by atomic mass is 35.5. The average molecular weight is 491 g/mol. The zero-order valence-corrected chi connectivity index (χ0v) is 20.7. The molecule has 0 radical (unpaired) electrons. The van der Waals surface area contributed by atoms with Crippen LogP contribution in [0.3, 0.4) is 0 Å². The van der Waals surface area contributed by atoms with Gasteiger partial charge in [-0.15, -0.1) is 0 Å². The number of anilines is 1. The van der Waals surface area contributed by atoms with Crippen molar-refractivity contribution < 1.29 is 28.5 Å². The Hall–Kier alpha value is -3.13. The summed E-state index contributed by atoms with van der Waals surface area (Å²) in [6.07, 6.45) is 0.863. The lowest BCUT2D eigenvalue weighted by Crippen LogP contribution is -2.37. The first-order chi connectivity index (χ1) is 16.3. The fourth-order valence-electron chi connectivity index (χ4n) is 3.38. The first-order valence-electron chi connectivity index (χ1n) is 11.3. The normalized spacial score (nSPS) is 12.3. The number of fused-ring (bicyclic) bond motifs is 1. The Morgan fingerprint density at radius 3 is 2.56 bits per heavy atom. The summed E-state index contributed by atoms with van der Waals surface area (Å²) < 4.78 is 22.2. The zero-order chi connectivity index (χ0) is 24.7. The van der Waals surface area contributed by atoms with Gasteiger partial charge in [0.15, 0.2) is 23.0 Å². The summed E-state index contributed by atoms with van der Waals surface area (Å²) in [4.78, 5) is 27.2. The molecule has 0 saturated carbocycles. The van der Waals surface area contributed by atoms with Gasteiger partial charge in [-0.25, -0.2) is 0 Å². The van der Waals surface area contributed by atoms with E-state index in [4.69, 9.17) is 30.5 Å². The number of nitrogens with zero attached hydrogens (tertiary/aromatic N) is 1. The van der Waals surface area contributed by atoms with Crippen LogP contribution in [-0.2, 0) is 4.79 Å². The van der Waals surface area contributed by atoms with Crippen molar-refractivity contribution in [3.8, 4) is 23.0 Å². The van der Waals surface area contributed by atoms with Gasteiger partial charge in [0.1, 0.15) is 19.8 Å². The molecule has 2 amide bonds. The predicted octanol–water partition coefficient (Wildman–Crippen LogP) is 4.65. The van der Waals surface area contributed by atoms with Gasteiger partial charge in [0.25, 0.3) is 5.91 Å². The van der Waals surface area contributed by atoms with Crippen LogP contribution in [-0.4, -0.2) is 56.7 Å². The average Bonchev–Trinajstić information content (AvgIpc) is 2.82. The minimum absolute atomic E-state index is 0.129. The molecule has 1 aliphatic heterocycles. The van der Waals surface area contributed by atoms with E-state index >= 15 is 0 Å². The number of nitrogens with one attached hydrogen (secondary N) is 1. The molecular formula is C25H31ClN2O6. The maximum Gasteiger partial charge on any atom is 0.254 e. The van der Waals surface area contributed by atoms with Crippen LogP contribution in [0.15, 0.2) is 30.3 Å². The molecule has 0 aliphatic carbocycles. The molecule has 1 aliphatic rings. The van der Waals surface area contributed by atoms with Gasteiger partial charge in [0.2, 0.25) is 5.91 Å². The number of ether oxygens (including phenoxy) is 4. The van der Waals surface area contributed by atoms with Crippen molar-refractivity contribution in [2.24, 2.45) is 5.92 Å². The third-order valence-corrected chi connectivity index (χ3v) is 5.53. The SMILES string of the molecule is CCN(CC(=O)Nc1ccc2c(c1)OCCO2)C(=O)c1cc(Cl)c(OCCC(C)C)c(OC)c1. The molecule has 9 heteroatoms. The second-order valence-electron chi connectivity index (χ2n) is 8.25. The van der Waals surface area contributed by atoms with Crippen LogP contribution in [0, 0.1) is 5.92 Å². The molecule has 2 aromatic carbocycles. The fourth-order valence-corrected chi connectivity index (χ4v) is 3.65. The summed E-state index contributed by atoms with van der Waals surface area (Å²) in [7, 11) is 1.49. The molecule has 2 aromatic rings. The number of amides is 2. The topological polar surface area (TPSA) is 86.3 Å². The first kappa shape index (κ1) is 25.5. The lowest BCUT2D eigenvalue weighted by atomic mass is 10.1. The summed E-state index contributed by atoms with van der Waals surface area (Å²) in [6.45, 7) is 7.65. The molecule has 8 nitrogen and oxygen atoms in total. The third kappa shape index (κ3) is 6.47. The van der Waals surface area contributed by atoms with E-state index in [1.54, 1.807) is 37.3 Å². The van der Waals surface area contributed by atoms with Crippen molar-refractivity contribution in [1.82, 2.24) is 4.90 Å². The molecule has 3 rings (SSSR count). The largest absolute Gasteiger partial charge is 0.493 e. The second kappa shape index (κ2) is 11.8. The minimum atomic E-state index is -0.339. The van der Waals surface area contributed by atoms with Gasteiger partial charge < -0.3 is 29.2 Å². The third-order valence-electron chi connectivity index (χ3n) is 5.25. The maximum atomic E-state index is 13.1. The minimum Gasteiger partial charge on any atom is -0.493 e. The number of carbonyl (C=O) groups excluding carboxylic acids is 2. The number of halogens is 1. The maximum absolute atomic E-state index is 13.1. The molecular weight excluding hydrogens is 460 g/mol. The van der Waals surface area contributed by atoms with E-state index < -0.39 is 0 Å². The molecule has 1 N–H and O–H groups in total. The highest BCUT2D eigenvalue weighted by Gasteiger charge is 2.22. The molecule has 0 spiro atoms. The van der Waals surface area contributed by atoms with E-state index in [-0.39, 0.29) is 23.4 Å². The van der Waals surface area contributed by atoms with Crippen molar-refractivity contribution in [2.75, 3.05) is 45.3 Å². The van der Waals surface area contributed by atoms with Gasteiger partial charge in [0.05, 0.1) is 18.7 Å². The molecule has 0 atom stereocenters. The quantitative estimate of drug-likeness (QED) is 0.522. The van der Waals surface area contributed by atoms with E-state index in [9.17, 15) is 9.59 Å². The molecule has 184 valence electrons. The van der Waals surface area contributed by atoms with Gasteiger partial charge in [-0.1, -0.05) is 25.4 Å². The number of carbonyl (C=O) groups is 2. The van der Waals surface area contributed by atoms with Crippen LogP contribution in [0.2, 0.25) is 5.02 Å². The number of hydrogen-bond donors (Lipinski definition) is 1. The highest BCUT2D eigenvalue weighted by Crippen LogP contribution is 2.37. The Kier molecular flexibility index (Phi) is 8.87. The van der Waals surface area contributed by atoms with Crippen molar-refractivity contribution in [2.45, 2.75) is 27.2 Å². The summed E-state index contributed by atoms with van der Waals surface area (Å²) in [6, 6.07) is 8.30. The van der Waals surface area contributed by atoms with Crippen molar-refractivity contribution in [3.63, 3.8) is 0 Å². The van der Waals surface area contributed by atoms with E-state index in [2.05, 4.69) is 19.2 Å². The van der Waals surface area contributed by atoms with Crippen LogP contribution in [0.1, 0.15) is 37.6 Å². The predicted molar refractivity (Wildman–Crippen MR) is 131 cm³/mol. The van der Waals surface area contributed by atoms with E-state index in [1.807, 2.05) is 0 Å². The van der Waals surface area contributed by atoms with Crippen LogP contribution in [0.5, 0.6) is 23.0 Å². The van der Waals surface area contributed by atoms with Gasteiger partial charge in [-0.2, -0.15) is 0 Å². The number of hydrogen-bond acceptors (Lipinski definition) is 6. The fraction of sp³-hybridized carbons (Fsp3) is 0.440. The summed E-state index contributed by atoms with van der Waals surface area (Å²) in [5.41, 5.74) is 0.873. The lowest BCUT2D eigenvalue weighted by Gasteiger charge is -2.22. The van der Waals surface area contributed by atoms with Crippen LogP contribution in [0.25, 0.3) is 0 Å². The van der Waals surface area contributed by atoms with Crippen molar-refractivity contribution >= 4 is 29.1 Å². The Bertz CT molecular complexity index is 1030. The van der Waals surface area contributed by atoms with Crippen LogP contribution < -0.4 is 24.3 Å².